The Bertz CT molecular complexity index is 464. The third kappa shape index (κ3) is 3.53. The van der Waals surface area contributed by atoms with Gasteiger partial charge in [0, 0.05) is 6.07 Å². The van der Waals surface area contributed by atoms with Gasteiger partial charge in [0.25, 0.3) is 0 Å². The molecule has 1 aromatic carbocycles. The van der Waals surface area contributed by atoms with Crippen molar-refractivity contribution < 1.29 is 19.0 Å². The number of ketones is 1. The quantitative estimate of drug-likeness (QED) is 0.852. The van der Waals surface area contributed by atoms with Crippen molar-refractivity contribution in [2.24, 2.45) is 0 Å². The molecule has 0 saturated heterocycles. The zero-order valence-electron chi connectivity index (χ0n) is 11.1. The van der Waals surface area contributed by atoms with Gasteiger partial charge >= 0.3 is 0 Å². The summed E-state index contributed by atoms with van der Waals surface area (Å²) in [6, 6.07) is 3.85. The summed E-state index contributed by atoms with van der Waals surface area (Å²) in [6.45, 7) is 1.52. The van der Waals surface area contributed by atoms with E-state index in [9.17, 15) is 14.3 Å². The first-order chi connectivity index (χ1) is 9.00. The first-order valence-electron chi connectivity index (χ1n) is 6.66. The van der Waals surface area contributed by atoms with E-state index in [-0.39, 0.29) is 18.1 Å². The van der Waals surface area contributed by atoms with Crippen molar-refractivity contribution in [2.45, 2.75) is 44.6 Å². The largest absolute Gasteiger partial charge is 0.490 e. The summed E-state index contributed by atoms with van der Waals surface area (Å²) in [4.78, 5) is 11.4. The molecule has 1 aliphatic carbocycles. The molecule has 0 bridgehead atoms. The summed E-state index contributed by atoms with van der Waals surface area (Å²) in [5.41, 5.74) is -0.501. The average molecular weight is 266 g/mol. The number of aliphatic hydroxyl groups is 1. The van der Waals surface area contributed by atoms with Gasteiger partial charge in [0.15, 0.2) is 5.78 Å². The standard InChI is InChI=1S/C15H19FO3/c1-11(17)13-6-5-12(16)9-14(13)19-10-15(18)7-3-2-4-8-15/h5-6,9,18H,2-4,7-8,10H2,1H3. The van der Waals surface area contributed by atoms with Gasteiger partial charge in [-0.15, -0.1) is 0 Å². The van der Waals surface area contributed by atoms with Crippen LogP contribution in [-0.4, -0.2) is 23.1 Å². The zero-order valence-corrected chi connectivity index (χ0v) is 11.1. The molecular weight excluding hydrogens is 247 g/mol. The Morgan fingerprint density at radius 3 is 2.68 bits per heavy atom. The predicted molar refractivity (Wildman–Crippen MR) is 69.9 cm³/mol. The Kier molecular flexibility index (Phi) is 4.20. The van der Waals surface area contributed by atoms with Gasteiger partial charge in [0.05, 0.1) is 11.2 Å². The molecule has 3 nitrogen and oxygen atoms in total. The number of halogens is 1. The maximum absolute atomic E-state index is 13.2. The van der Waals surface area contributed by atoms with Crippen LogP contribution in [-0.2, 0) is 0 Å². The van der Waals surface area contributed by atoms with Gasteiger partial charge in [0.2, 0.25) is 0 Å². The minimum atomic E-state index is -0.849. The number of hydrogen-bond acceptors (Lipinski definition) is 3. The molecule has 19 heavy (non-hydrogen) atoms. The Balaban J connectivity index is 2.10. The van der Waals surface area contributed by atoms with Crippen molar-refractivity contribution in [1.82, 2.24) is 0 Å². The van der Waals surface area contributed by atoms with E-state index in [0.29, 0.717) is 18.4 Å². The summed E-state index contributed by atoms with van der Waals surface area (Å²) >= 11 is 0. The topological polar surface area (TPSA) is 46.5 Å². The second-order valence-corrected chi connectivity index (χ2v) is 5.27. The van der Waals surface area contributed by atoms with Crippen molar-refractivity contribution in [3.63, 3.8) is 0 Å². The summed E-state index contributed by atoms with van der Waals surface area (Å²) in [7, 11) is 0. The van der Waals surface area contributed by atoms with Gasteiger partial charge in [-0.3, -0.25) is 4.79 Å². The lowest BCUT2D eigenvalue weighted by Crippen LogP contribution is -2.38. The molecule has 1 aliphatic rings. The van der Waals surface area contributed by atoms with E-state index < -0.39 is 11.4 Å². The number of rotatable bonds is 4. The van der Waals surface area contributed by atoms with Crippen LogP contribution in [0, 0.1) is 5.82 Å². The number of benzene rings is 1. The van der Waals surface area contributed by atoms with Crippen molar-refractivity contribution >= 4 is 5.78 Å². The van der Waals surface area contributed by atoms with Crippen LogP contribution >= 0.6 is 0 Å². The molecule has 1 saturated carbocycles. The lowest BCUT2D eigenvalue weighted by atomic mass is 9.85. The molecule has 1 N–H and O–H groups in total. The van der Waals surface area contributed by atoms with Crippen LogP contribution in [0.3, 0.4) is 0 Å². The molecular formula is C15H19FO3. The monoisotopic (exact) mass is 266 g/mol. The average Bonchev–Trinajstić information content (AvgIpc) is 2.37. The summed E-state index contributed by atoms with van der Waals surface area (Å²) in [6.07, 6.45) is 4.46. The summed E-state index contributed by atoms with van der Waals surface area (Å²) in [5.74, 6) is -0.409. The Hall–Kier alpha value is -1.42. The van der Waals surface area contributed by atoms with Crippen LogP contribution < -0.4 is 4.74 Å². The van der Waals surface area contributed by atoms with Crippen LogP contribution in [0.15, 0.2) is 18.2 Å². The molecule has 1 fully saturated rings. The second-order valence-electron chi connectivity index (χ2n) is 5.27. The zero-order chi connectivity index (χ0) is 13.9. The molecule has 0 heterocycles. The fourth-order valence-corrected chi connectivity index (χ4v) is 2.47. The van der Waals surface area contributed by atoms with Gasteiger partial charge in [-0.05, 0) is 31.9 Å². The van der Waals surface area contributed by atoms with Crippen LogP contribution in [0.5, 0.6) is 5.75 Å². The van der Waals surface area contributed by atoms with E-state index in [4.69, 9.17) is 4.74 Å². The maximum Gasteiger partial charge on any atom is 0.163 e. The van der Waals surface area contributed by atoms with Gasteiger partial charge in [0.1, 0.15) is 18.2 Å². The molecule has 2 rings (SSSR count). The molecule has 1 aromatic rings. The smallest absolute Gasteiger partial charge is 0.163 e. The van der Waals surface area contributed by atoms with Gasteiger partial charge < -0.3 is 9.84 Å². The van der Waals surface area contributed by atoms with E-state index in [1.54, 1.807) is 0 Å². The van der Waals surface area contributed by atoms with Crippen molar-refractivity contribution in [2.75, 3.05) is 6.61 Å². The third-order valence-electron chi connectivity index (χ3n) is 3.60. The molecule has 0 unspecified atom stereocenters. The maximum atomic E-state index is 13.2. The van der Waals surface area contributed by atoms with Crippen LogP contribution in [0.4, 0.5) is 4.39 Å². The van der Waals surface area contributed by atoms with E-state index >= 15 is 0 Å². The minimum absolute atomic E-state index is 0.108. The first kappa shape index (κ1) is 14.0. The highest BCUT2D eigenvalue weighted by atomic mass is 19.1. The van der Waals surface area contributed by atoms with E-state index in [1.165, 1.54) is 25.1 Å². The summed E-state index contributed by atoms with van der Waals surface area (Å²) in [5, 5.41) is 10.3. The van der Waals surface area contributed by atoms with E-state index in [2.05, 4.69) is 0 Å². The number of carbonyl (C=O) groups is 1. The molecule has 0 aliphatic heterocycles. The van der Waals surface area contributed by atoms with Crippen molar-refractivity contribution in [3.05, 3.63) is 29.6 Å². The molecule has 0 amide bonds. The van der Waals surface area contributed by atoms with Crippen LogP contribution in [0.2, 0.25) is 0 Å². The number of ether oxygens (including phenoxy) is 1. The molecule has 0 aromatic heterocycles. The lowest BCUT2D eigenvalue weighted by Gasteiger charge is -2.31. The highest BCUT2D eigenvalue weighted by molar-refractivity contribution is 5.96. The lowest BCUT2D eigenvalue weighted by molar-refractivity contribution is -0.0341. The normalized spacial score (nSPS) is 18.1. The van der Waals surface area contributed by atoms with E-state index in [1.807, 2.05) is 0 Å². The number of hydrogen-bond donors (Lipinski definition) is 1. The molecule has 104 valence electrons. The van der Waals surface area contributed by atoms with Gasteiger partial charge in [-0.25, -0.2) is 4.39 Å². The van der Waals surface area contributed by atoms with Crippen molar-refractivity contribution in [3.8, 4) is 5.75 Å². The fraction of sp³-hybridized carbons (Fsp3) is 0.533. The molecule has 4 heteroatoms. The second kappa shape index (κ2) is 5.70. The highest BCUT2D eigenvalue weighted by Gasteiger charge is 2.30. The molecule has 0 radical (unpaired) electrons. The van der Waals surface area contributed by atoms with Gasteiger partial charge in [-0.2, -0.15) is 0 Å². The Labute approximate surface area is 112 Å². The Morgan fingerprint density at radius 2 is 2.05 bits per heavy atom. The molecule has 0 atom stereocenters. The first-order valence-corrected chi connectivity index (χ1v) is 6.66. The van der Waals surface area contributed by atoms with Gasteiger partial charge in [-0.1, -0.05) is 19.3 Å². The predicted octanol–water partition coefficient (Wildman–Crippen LogP) is 3.10. The number of Topliss-reactive ketones (excluding diaryl/α,β-unsaturated/α-hetero) is 1. The molecule has 0 spiro atoms. The third-order valence-corrected chi connectivity index (χ3v) is 3.60. The van der Waals surface area contributed by atoms with Crippen LogP contribution in [0.25, 0.3) is 0 Å². The van der Waals surface area contributed by atoms with E-state index in [0.717, 1.165) is 19.3 Å². The SMILES string of the molecule is CC(=O)c1ccc(F)cc1OCC1(O)CCCCC1. The Morgan fingerprint density at radius 1 is 1.37 bits per heavy atom. The summed E-state index contributed by atoms with van der Waals surface area (Å²) < 4.78 is 18.7. The van der Waals surface area contributed by atoms with Crippen molar-refractivity contribution in [1.29, 1.82) is 0 Å². The highest BCUT2D eigenvalue weighted by Crippen LogP contribution is 2.30. The number of carbonyl (C=O) groups excluding carboxylic acids is 1. The minimum Gasteiger partial charge on any atom is -0.490 e. The van der Waals surface area contributed by atoms with Crippen LogP contribution in [0.1, 0.15) is 49.4 Å². The fourth-order valence-electron chi connectivity index (χ4n) is 2.47.